The Kier molecular flexibility index (Phi) is 9.83. The first-order chi connectivity index (χ1) is 18.4. The van der Waals surface area contributed by atoms with Crippen molar-refractivity contribution in [2.24, 2.45) is 10.1 Å². The van der Waals surface area contributed by atoms with Crippen molar-refractivity contribution in [3.8, 4) is 11.5 Å². The maximum Gasteiger partial charge on any atom is 0.301 e. The van der Waals surface area contributed by atoms with Gasteiger partial charge in [-0.1, -0.05) is 0 Å². The smallest absolute Gasteiger partial charge is 0.301 e. The number of rotatable bonds is 10. The zero-order chi connectivity index (χ0) is 27.1. The summed E-state index contributed by atoms with van der Waals surface area (Å²) in [7, 11) is 0. The number of pyridine rings is 1. The number of aliphatic imine (C=N–C) groups is 1. The molecule has 14 nitrogen and oxygen atoms in total. The number of hydrogen-bond acceptors (Lipinski definition) is 11. The largest absolute Gasteiger partial charge is 0.858 e. The predicted octanol–water partition coefficient (Wildman–Crippen LogP) is 1.76. The van der Waals surface area contributed by atoms with E-state index in [2.05, 4.69) is 15.5 Å². The van der Waals surface area contributed by atoms with Gasteiger partial charge in [0, 0.05) is 23.8 Å². The van der Waals surface area contributed by atoms with Crippen LogP contribution in [0.3, 0.4) is 0 Å². The van der Waals surface area contributed by atoms with Gasteiger partial charge in [-0.2, -0.15) is 9.67 Å². The molecule has 0 spiro atoms. The number of nitrogens with one attached hydrogen (secondary N) is 1. The third kappa shape index (κ3) is 7.24. The fourth-order valence-corrected chi connectivity index (χ4v) is 3.54. The molecule has 3 aromatic rings. The molecular weight excluding hydrogens is 580 g/mol. The van der Waals surface area contributed by atoms with Crippen LogP contribution in [0.4, 0.5) is 17.1 Å². The molecule has 0 amide bonds. The van der Waals surface area contributed by atoms with Crippen LogP contribution in [-0.2, 0) is 6.54 Å². The average molecular weight is 603 g/mol. The second-order valence-electron chi connectivity index (χ2n) is 7.91. The summed E-state index contributed by atoms with van der Waals surface area (Å²) in [4.78, 5) is 24.9. The molecule has 4 rings (SSSR count). The van der Waals surface area contributed by atoms with Gasteiger partial charge in [-0.15, -0.1) is 17.0 Å². The fraction of sp³-hybridized carbons (Fsp3) is 0.208. The molecule has 15 heteroatoms. The summed E-state index contributed by atoms with van der Waals surface area (Å²) in [5.74, 6) is 0.624. The standard InChI is InChI=1S/C24H22N6O8.BrH/c31-10-7-25-24(32)16-5-8-28(9-6-16)15-20(17-1-4-22-23(13-17)38-12-11-37-22)27-26-19-3-2-18(29(33)34)14-21(19)30(35)36;/h1-6,8-9,13-14,26,31H,7,10-12,15H2;1H/b27-20+;. The van der Waals surface area contributed by atoms with Gasteiger partial charge in [0.05, 0.1) is 29.1 Å². The van der Waals surface area contributed by atoms with Crippen LogP contribution in [0.15, 0.2) is 71.0 Å². The summed E-state index contributed by atoms with van der Waals surface area (Å²) in [5, 5.41) is 47.9. The number of anilines is 1. The van der Waals surface area contributed by atoms with Gasteiger partial charge < -0.3 is 19.7 Å². The molecule has 0 unspecified atom stereocenters. The van der Waals surface area contributed by atoms with E-state index in [0.717, 1.165) is 12.1 Å². The number of aromatic nitrogens is 1. The molecule has 1 aliphatic heterocycles. The summed E-state index contributed by atoms with van der Waals surface area (Å²) >= 11 is 0. The van der Waals surface area contributed by atoms with Gasteiger partial charge in [0.2, 0.25) is 0 Å². The van der Waals surface area contributed by atoms with Crippen LogP contribution < -0.4 is 24.6 Å². The number of benzene rings is 2. The summed E-state index contributed by atoms with van der Waals surface area (Å²) in [6.07, 6.45) is 3.28. The van der Waals surface area contributed by atoms with E-state index in [1.54, 1.807) is 47.3 Å². The summed E-state index contributed by atoms with van der Waals surface area (Å²) < 4.78 is 13.0. The summed E-state index contributed by atoms with van der Waals surface area (Å²) in [6.45, 7) is 0.755. The highest BCUT2D eigenvalue weighted by Gasteiger charge is 2.21. The van der Waals surface area contributed by atoms with E-state index in [0.29, 0.717) is 41.6 Å². The third-order valence-corrected chi connectivity index (χ3v) is 5.40. The van der Waals surface area contributed by atoms with E-state index >= 15 is 0 Å². The van der Waals surface area contributed by atoms with Crippen molar-refractivity contribution in [3.05, 3.63) is 92.3 Å². The van der Waals surface area contributed by atoms with Crippen LogP contribution in [0.5, 0.6) is 11.5 Å². The number of aliphatic hydroxyl groups is 1. The Morgan fingerprint density at radius 1 is 0.974 bits per heavy atom. The van der Waals surface area contributed by atoms with Gasteiger partial charge in [0.15, 0.2) is 30.4 Å². The molecule has 0 saturated heterocycles. The predicted molar refractivity (Wildman–Crippen MR) is 143 cm³/mol. The Bertz CT molecular complexity index is 1410. The van der Waals surface area contributed by atoms with E-state index in [1.165, 1.54) is 6.07 Å². The maximum absolute atomic E-state index is 12.1. The molecule has 2 heterocycles. The summed E-state index contributed by atoms with van der Waals surface area (Å²) in [6, 6.07) is 11.6. The molecule has 204 valence electrons. The van der Waals surface area contributed by atoms with E-state index in [4.69, 9.17) is 14.6 Å². The number of aliphatic hydroxyl groups excluding tert-OH is 1. The zero-order valence-electron chi connectivity index (χ0n) is 20.3. The second kappa shape index (κ2) is 13.3. The van der Waals surface area contributed by atoms with Crippen molar-refractivity contribution >= 4 is 45.7 Å². The second-order valence-corrected chi connectivity index (χ2v) is 7.91. The van der Waals surface area contributed by atoms with Crippen molar-refractivity contribution in [2.45, 2.75) is 6.54 Å². The Morgan fingerprint density at radius 3 is 2.36 bits per heavy atom. The highest BCUT2D eigenvalue weighted by molar-refractivity contribution is 8.93. The lowest BCUT2D eigenvalue weighted by Gasteiger charge is -2.19. The van der Waals surface area contributed by atoms with E-state index in [1.807, 2.05) is 0 Å². The minimum Gasteiger partial charge on any atom is -0.858 e. The molecule has 2 aromatic carbocycles. The number of non-ortho nitro benzene ring substituents is 1. The SMILES string of the molecule is Br.O=[N+]([O-])c1ccc(N/N=C(\C[n+]2ccc(C([O-])=NCCO)cc2)c2ccc3c(c2)OCCO3)c([N+](=O)[O-])c1. The van der Waals surface area contributed by atoms with Gasteiger partial charge in [-0.25, -0.2) is 0 Å². The molecule has 39 heavy (non-hydrogen) atoms. The van der Waals surface area contributed by atoms with Crippen LogP contribution in [0.1, 0.15) is 11.1 Å². The summed E-state index contributed by atoms with van der Waals surface area (Å²) in [5.41, 5.74) is 3.09. The molecule has 1 aliphatic rings. The van der Waals surface area contributed by atoms with Crippen molar-refractivity contribution in [2.75, 3.05) is 31.8 Å². The molecule has 0 bridgehead atoms. The Balaban J connectivity index is 0.00000420. The van der Waals surface area contributed by atoms with Crippen molar-refractivity contribution in [1.82, 2.24) is 0 Å². The van der Waals surface area contributed by atoms with Gasteiger partial charge in [0.25, 0.3) is 5.69 Å². The number of ether oxygens (including phenoxy) is 2. The lowest BCUT2D eigenvalue weighted by molar-refractivity contribution is -0.681. The monoisotopic (exact) mass is 602 g/mol. The van der Waals surface area contributed by atoms with Gasteiger partial charge >= 0.3 is 5.69 Å². The molecule has 0 radical (unpaired) electrons. The number of hydrazone groups is 1. The first kappa shape index (κ1) is 28.9. The van der Waals surface area contributed by atoms with Crippen molar-refractivity contribution in [3.63, 3.8) is 0 Å². The normalized spacial score (nSPS) is 12.8. The van der Waals surface area contributed by atoms with Crippen LogP contribution >= 0.6 is 17.0 Å². The van der Waals surface area contributed by atoms with E-state index < -0.39 is 27.1 Å². The highest BCUT2D eigenvalue weighted by atomic mass is 79.9. The fourth-order valence-electron chi connectivity index (χ4n) is 3.54. The molecule has 0 fully saturated rings. The van der Waals surface area contributed by atoms with Gasteiger partial charge in [0.1, 0.15) is 24.6 Å². The van der Waals surface area contributed by atoms with Crippen molar-refractivity contribution < 1.29 is 34.1 Å². The number of halogens is 1. The average Bonchev–Trinajstić information content (AvgIpc) is 2.93. The zero-order valence-corrected chi connectivity index (χ0v) is 22.0. The molecule has 0 saturated carbocycles. The van der Waals surface area contributed by atoms with Gasteiger partial charge in [-0.05, 0) is 35.7 Å². The lowest BCUT2D eigenvalue weighted by atomic mass is 10.1. The van der Waals surface area contributed by atoms with Crippen molar-refractivity contribution in [1.29, 1.82) is 0 Å². The van der Waals surface area contributed by atoms with Crippen LogP contribution in [0.25, 0.3) is 0 Å². The number of hydrogen-bond donors (Lipinski definition) is 2. The minimum atomic E-state index is -0.735. The minimum absolute atomic E-state index is 0. The maximum atomic E-state index is 12.1. The lowest BCUT2D eigenvalue weighted by Crippen LogP contribution is -2.38. The third-order valence-electron chi connectivity index (χ3n) is 5.40. The Hall–Kier alpha value is -4.63. The number of nitrogens with zero attached hydrogens (tertiary/aromatic N) is 5. The van der Waals surface area contributed by atoms with E-state index in [-0.39, 0.29) is 42.4 Å². The van der Waals surface area contributed by atoms with Crippen LogP contribution in [-0.4, -0.2) is 52.9 Å². The number of nitro groups is 2. The first-order valence-electron chi connectivity index (χ1n) is 11.3. The van der Waals surface area contributed by atoms with Gasteiger partial charge in [-0.3, -0.25) is 30.6 Å². The number of nitro benzene ring substituents is 2. The number of fused-ring (bicyclic) bond motifs is 1. The Morgan fingerprint density at radius 2 is 1.69 bits per heavy atom. The quantitative estimate of drug-likeness (QED) is 0.114. The molecule has 2 N–H and O–H groups in total. The van der Waals surface area contributed by atoms with E-state index in [9.17, 15) is 25.3 Å². The highest BCUT2D eigenvalue weighted by Crippen LogP contribution is 2.32. The molecule has 1 aromatic heterocycles. The van der Waals surface area contributed by atoms with Crippen LogP contribution in [0.2, 0.25) is 0 Å². The molecule has 0 atom stereocenters. The Labute approximate surface area is 231 Å². The topological polar surface area (TPSA) is 189 Å². The first-order valence-corrected chi connectivity index (χ1v) is 11.3. The molecular formula is C24H23BrN6O8. The van der Waals surface area contributed by atoms with Crippen LogP contribution in [0, 0.1) is 20.2 Å². The molecule has 0 aliphatic carbocycles.